The fourth-order valence-electron chi connectivity index (χ4n) is 7.87. The molecule has 7 atom stereocenters. The summed E-state index contributed by atoms with van der Waals surface area (Å²) in [5.41, 5.74) is 2.09. The lowest BCUT2D eigenvalue weighted by Crippen LogP contribution is -2.42. The number of benzene rings is 3. The third-order valence-electron chi connectivity index (χ3n) is 9.48. The number of aromatic amines is 1. The number of H-pyrrole nitrogens is 1. The first-order chi connectivity index (χ1) is 21.4. The third kappa shape index (κ3) is 4.32. The number of rotatable bonds is 6. The van der Waals surface area contributed by atoms with Crippen LogP contribution in [0.5, 0.6) is 5.75 Å². The van der Waals surface area contributed by atoms with E-state index in [0.717, 1.165) is 21.9 Å². The molecule has 3 fully saturated rings. The number of thiazole rings is 1. The zero-order chi connectivity index (χ0) is 30.1. The van der Waals surface area contributed by atoms with Crippen molar-refractivity contribution in [3.8, 4) is 5.75 Å². The van der Waals surface area contributed by atoms with Crippen LogP contribution in [0.1, 0.15) is 22.8 Å². The number of anilines is 2. The Kier molecular flexibility index (Phi) is 6.49. The van der Waals surface area contributed by atoms with Crippen molar-refractivity contribution in [2.24, 2.45) is 29.6 Å². The van der Waals surface area contributed by atoms with E-state index in [1.54, 1.807) is 23.9 Å². The van der Waals surface area contributed by atoms with Crippen molar-refractivity contribution in [1.82, 2.24) is 4.98 Å². The highest BCUT2D eigenvalue weighted by molar-refractivity contribution is 8.00. The van der Waals surface area contributed by atoms with Gasteiger partial charge in [-0.05, 0) is 78.3 Å². The normalized spacial score (nSPS) is 28.0. The first kappa shape index (κ1) is 27.3. The van der Waals surface area contributed by atoms with Gasteiger partial charge in [-0.1, -0.05) is 41.7 Å². The van der Waals surface area contributed by atoms with Gasteiger partial charge in [0.15, 0.2) is 6.61 Å². The van der Waals surface area contributed by atoms with Crippen LogP contribution in [0.3, 0.4) is 0 Å². The van der Waals surface area contributed by atoms with Crippen molar-refractivity contribution in [3.63, 3.8) is 0 Å². The third-order valence-corrected chi connectivity index (χ3v) is 12.1. The molecule has 3 aromatic carbocycles. The number of hydrogen-bond acceptors (Lipinski definition) is 7. The van der Waals surface area contributed by atoms with Gasteiger partial charge in [-0.15, -0.1) is 11.8 Å². The van der Waals surface area contributed by atoms with Crippen molar-refractivity contribution < 1.29 is 23.5 Å². The Hall–Kier alpha value is -4.22. The van der Waals surface area contributed by atoms with Gasteiger partial charge < -0.3 is 15.0 Å². The monoisotopic (exact) mass is 627 g/mol. The lowest BCUT2D eigenvalue weighted by molar-refractivity contribution is -0.123. The fraction of sp³-hybridized carbons (Fsp3) is 0.273. The Labute approximate surface area is 259 Å². The van der Waals surface area contributed by atoms with Gasteiger partial charge in [0.2, 0.25) is 11.8 Å². The van der Waals surface area contributed by atoms with Crippen LogP contribution in [0.25, 0.3) is 0 Å². The summed E-state index contributed by atoms with van der Waals surface area (Å²) >= 11 is 2.83. The Morgan fingerprint density at radius 2 is 1.64 bits per heavy atom. The Bertz CT molecular complexity index is 1840. The number of thioether (sulfide) groups is 1. The van der Waals surface area contributed by atoms with E-state index >= 15 is 0 Å². The summed E-state index contributed by atoms with van der Waals surface area (Å²) in [6.07, 6.45) is 0.778. The van der Waals surface area contributed by atoms with Gasteiger partial charge in [0.1, 0.15) is 11.6 Å². The Morgan fingerprint density at radius 1 is 0.932 bits per heavy atom. The topological polar surface area (TPSA) is 109 Å². The summed E-state index contributed by atoms with van der Waals surface area (Å²) in [4.78, 5) is 57.5. The molecule has 2 bridgehead atoms. The number of carbonyl (C=O) groups is 3. The molecular formula is C33H26FN3O5S2. The Balaban J connectivity index is 1.06. The van der Waals surface area contributed by atoms with E-state index in [-0.39, 0.29) is 58.1 Å². The fourth-order valence-corrected chi connectivity index (χ4v) is 10.8. The SMILES string of the molecule is O=C(COc1ccc([C@@H]2c3sc(=O)[nH]c3S[C@@H]3[C@@H]4C[C@@H]([C@@H]5C(=O)N(c6ccc(F)cc6)C(=O)[C@@H]45)[C@H]23)cc1)Nc1ccccc1. The van der Waals surface area contributed by atoms with E-state index in [0.29, 0.717) is 17.1 Å². The molecule has 2 saturated carbocycles. The highest BCUT2D eigenvalue weighted by atomic mass is 32.2. The van der Waals surface area contributed by atoms with Crippen LogP contribution in [0.15, 0.2) is 88.7 Å². The molecule has 44 heavy (non-hydrogen) atoms. The second kappa shape index (κ2) is 10.4. The standard InChI is InChI=1S/C33H26FN3O5S2/c34-17-8-10-19(11-9-17)37-31(39)26-21-14-22(27(26)32(37)40)28-25(21)24(29-30(43-28)36-33(41)44-29)16-6-12-20(13-7-16)42-15-23(38)35-18-4-2-1-3-5-18/h1-13,21-22,24-28H,14-15H2,(H,35,38)(H,36,41)/t21-,22-,24+,25-,26+,27+,28-/m1/s1. The number of fused-ring (bicyclic) bond motifs is 9. The smallest absolute Gasteiger partial charge is 0.305 e. The molecule has 1 aromatic heterocycles. The molecule has 3 heterocycles. The predicted octanol–water partition coefficient (Wildman–Crippen LogP) is 5.27. The lowest BCUT2D eigenvalue weighted by Gasteiger charge is -2.43. The van der Waals surface area contributed by atoms with E-state index in [9.17, 15) is 23.6 Å². The molecule has 3 amide bonds. The first-order valence-corrected chi connectivity index (χ1v) is 16.2. The van der Waals surface area contributed by atoms with Crippen molar-refractivity contribution in [3.05, 3.63) is 105 Å². The number of aromatic nitrogens is 1. The second-order valence-corrected chi connectivity index (χ2v) is 13.9. The molecule has 4 aromatic rings. The number of halogens is 1. The van der Waals surface area contributed by atoms with E-state index < -0.39 is 17.7 Å². The van der Waals surface area contributed by atoms with Crippen LogP contribution in [0.4, 0.5) is 15.8 Å². The van der Waals surface area contributed by atoms with Crippen molar-refractivity contribution >= 4 is 52.2 Å². The highest BCUT2D eigenvalue weighted by Gasteiger charge is 2.69. The average Bonchev–Trinajstić information content (AvgIpc) is 3.76. The minimum absolute atomic E-state index is 0.00770. The first-order valence-electron chi connectivity index (χ1n) is 14.5. The van der Waals surface area contributed by atoms with E-state index in [2.05, 4.69) is 10.3 Å². The van der Waals surface area contributed by atoms with Gasteiger partial charge in [-0.2, -0.15) is 0 Å². The van der Waals surface area contributed by atoms with Crippen LogP contribution in [0.2, 0.25) is 0 Å². The van der Waals surface area contributed by atoms with Gasteiger partial charge in [0, 0.05) is 21.7 Å². The number of imide groups is 1. The molecule has 4 aliphatic rings. The second-order valence-electron chi connectivity index (χ2n) is 11.7. The zero-order valence-corrected chi connectivity index (χ0v) is 24.8. The molecule has 222 valence electrons. The largest absolute Gasteiger partial charge is 0.484 e. The molecule has 0 radical (unpaired) electrons. The Morgan fingerprint density at radius 3 is 2.36 bits per heavy atom. The van der Waals surface area contributed by atoms with Crippen molar-refractivity contribution in [2.45, 2.75) is 22.6 Å². The average molecular weight is 628 g/mol. The number of nitrogens with one attached hydrogen (secondary N) is 2. The van der Waals surface area contributed by atoms with E-state index in [4.69, 9.17) is 4.74 Å². The molecule has 8 nitrogen and oxygen atoms in total. The maximum atomic E-state index is 13.8. The predicted molar refractivity (Wildman–Crippen MR) is 164 cm³/mol. The van der Waals surface area contributed by atoms with Crippen LogP contribution < -0.4 is 19.8 Å². The number of carbonyl (C=O) groups excluding carboxylic acids is 3. The minimum Gasteiger partial charge on any atom is -0.484 e. The highest BCUT2D eigenvalue weighted by Crippen LogP contribution is 2.68. The maximum absolute atomic E-state index is 13.8. The van der Waals surface area contributed by atoms with Crippen LogP contribution in [0, 0.1) is 35.4 Å². The molecule has 0 spiro atoms. The molecule has 1 saturated heterocycles. The number of ether oxygens (including phenoxy) is 1. The summed E-state index contributed by atoms with van der Waals surface area (Å²) in [6.45, 7) is -0.143. The van der Waals surface area contributed by atoms with Crippen LogP contribution in [-0.4, -0.2) is 34.6 Å². The lowest BCUT2D eigenvalue weighted by atomic mass is 9.68. The molecule has 8 rings (SSSR count). The van der Waals surface area contributed by atoms with Crippen molar-refractivity contribution in [2.75, 3.05) is 16.8 Å². The van der Waals surface area contributed by atoms with Gasteiger partial charge in [-0.3, -0.25) is 24.1 Å². The molecule has 2 N–H and O–H groups in total. The van der Waals surface area contributed by atoms with Crippen molar-refractivity contribution in [1.29, 1.82) is 0 Å². The van der Waals surface area contributed by atoms with Gasteiger partial charge >= 0.3 is 4.87 Å². The van der Waals surface area contributed by atoms with Crippen LogP contribution in [-0.2, 0) is 14.4 Å². The van der Waals surface area contributed by atoms with E-state index in [1.807, 2.05) is 42.5 Å². The van der Waals surface area contributed by atoms with Gasteiger partial charge in [-0.25, -0.2) is 4.39 Å². The number of hydrogen-bond donors (Lipinski definition) is 2. The molecule has 11 heteroatoms. The van der Waals surface area contributed by atoms with Crippen LogP contribution >= 0.6 is 23.1 Å². The number of amides is 3. The molecule has 2 aliphatic carbocycles. The summed E-state index contributed by atoms with van der Waals surface area (Å²) in [6, 6.07) is 22.2. The zero-order valence-electron chi connectivity index (χ0n) is 23.1. The number of nitrogens with zero attached hydrogens (tertiary/aromatic N) is 1. The summed E-state index contributed by atoms with van der Waals surface area (Å²) in [7, 11) is 0. The molecule has 2 aliphatic heterocycles. The van der Waals surface area contributed by atoms with Gasteiger partial charge in [0.25, 0.3) is 5.91 Å². The van der Waals surface area contributed by atoms with Gasteiger partial charge in [0.05, 0.1) is 22.5 Å². The maximum Gasteiger partial charge on any atom is 0.305 e. The summed E-state index contributed by atoms with van der Waals surface area (Å²) in [5, 5.41) is 3.70. The van der Waals surface area contributed by atoms with E-state index in [1.165, 1.54) is 40.5 Å². The minimum atomic E-state index is -0.440. The number of para-hydroxylation sites is 1. The molecular weight excluding hydrogens is 602 g/mol. The summed E-state index contributed by atoms with van der Waals surface area (Å²) < 4.78 is 19.4. The quantitative estimate of drug-likeness (QED) is 0.282. The summed E-state index contributed by atoms with van der Waals surface area (Å²) in [5.74, 6) is -1.55. The molecule has 0 unspecified atom stereocenters.